The molecule has 0 aliphatic rings. The Hall–Kier alpha value is -3.56. The smallest absolute Gasteiger partial charge is 0.244 e. The van der Waals surface area contributed by atoms with Crippen LogP contribution in [0.5, 0.6) is 5.75 Å². The number of ether oxygens (including phenoxy) is 1. The summed E-state index contributed by atoms with van der Waals surface area (Å²) in [7, 11) is -3.84. The van der Waals surface area contributed by atoms with Gasteiger partial charge in [-0.1, -0.05) is 74.0 Å². The van der Waals surface area contributed by atoms with Crippen molar-refractivity contribution in [2.45, 2.75) is 45.9 Å². The molecular weight excluding hydrogens is 550 g/mol. The standard InChI is InChI=1S/C30H36ClN3O5S/c1-4-19-32-30(36)28(5-2)33(20-24-13-9-10-14-27(24)31)29(35)21-34(40(3,37)38)25-15-17-26(18-16-25)39-22-23-11-7-6-8-12-23/h6-18,28H,4-5,19-22H2,1-3H3,(H,32,36)/t28-/m1/s1. The van der Waals surface area contributed by atoms with Crippen molar-refractivity contribution in [1.82, 2.24) is 10.2 Å². The lowest BCUT2D eigenvalue weighted by Gasteiger charge is -2.33. The molecule has 10 heteroatoms. The Morgan fingerprint density at radius 3 is 2.20 bits per heavy atom. The van der Waals surface area contributed by atoms with Crippen molar-refractivity contribution in [2.75, 3.05) is 23.7 Å². The molecule has 0 radical (unpaired) electrons. The van der Waals surface area contributed by atoms with Crippen LogP contribution in [-0.4, -0.2) is 50.5 Å². The van der Waals surface area contributed by atoms with Crippen LogP contribution in [0, 0.1) is 0 Å². The number of benzene rings is 3. The van der Waals surface area contributed by atoms with Gasteiger partial charge in [-0.2, -0.15) is 0 Å². The maximum atomic E-state index is 13.8. The molecule has 0 aliphatic heterocycles. The van der Waals surface area contributed by atoms with Gasteiger partial charge in [0.2, 0.25) is 21.8 Å². The molecule has 0 fully saturated rings. The topological polar surface area (TPSA) is 96.0 Å². The largest absolute Gasteiger partial charge is 0.489 e. The molecule has 2 amide bonds. The molecule has 0 saturated heterocycles. The van der Waals surface area contributed by atoms with E-state index in [1.807, 2.05) is 44.2 Å². The highest BCUT2D eigenvalue weighted by molar-refractivity contribution is 7.92. The number of sulfonamides is 1. The molecule has 0 heterocycles. The number of nitrogens with one attached hydrogen (secondary N) is 1. The summed E-state index contributed by atoms with van der Waals surface area (Å²) < 4.78 is 32.5. The van der Waals surface area contributed by atoms with Crippen molar-refractivity contribution in [2.24, 2.45) is 0 Å². The summed E-state index contributed by atoms with van der Waals surface area (Å²) in [4.78, 5) is 28.2. The van der Waals surface area contributed by atoms with Crippen LogP contribution in [0.2, 0.25) is 5.02 Å². The Kier molecular flexibility index (Phi) is 11.4. The van der Waals surface area contributed by atoms with E-state index < -0.39 is 28.5 Å². The molecule has 1 atom stereocenters. The van der Waals surface area contributed by atoms with E-state index in [2.05, 4.69) is 5.32 Å². The first-order chi connectivity index (χ1) is 19.1. The highest BCUT2D eigenvalue weighted by Gasteiger charge is 2.32. The zero-order chi connectivity index (χ0) is 29.1. The van der Waals surface area contributed by atoms with E-state index >= 15 is 0 Å². The maximum Gasteiger partial charge on any atom is 0.244 e. The molecule has 0 saturated carbocycles. The van der Waals surface area contributed by atoms with Crippen molar-refractivity contribution in [1.29, 1.82) is 0 Å². The van der Waals surface area contributed by atoms with Crippen molar-refractivity contribution in [3.8, 4) is 5.75 Å². The molecule has 3 aromatic rings. The van der Waals surface area contributed by atoms with Crippen molar-refractivity contribution < 1.29 is 22.7 Å². The lowest BCUT2D eigenvalue weighted by Crippen LogP contribution is -2.52. The van der Waals surface area contributed by atoms with Gasteiger partial charge in [-0.05, 0) is 54.3 Å². The van der Waals surface area contributed by atoms with E-state index in [1.165, 1.54) is 4.90 Å². The number of halogens is 1. The summed E-state index contributed by atoms with van der Waals surface area (Å²) in [5.41, 5.74) is 1.97. The molecular formula is C30H36ClN3O5S. The molecule has 0 aromatic heterocycles. The monoisotopic (exact) mass is 585 g/mol. The van der Waals surface area contributed by atoms with E-state index in [9.17, 15) is 18.0 Å². The molecule has 0 spiro atoms. The Bertz CT molecular complexity index is 1370. The fraction of sp³-hybridized carbons (Fsp3) is 0.333. The predicted molar refractivity (Wildman–Crippen MR) is 159 cm³/mol. The van der Waals surface area contributed by atoms with Crippen molar-refractivity contribution in [3.63, 3.8) is 0 Å². The fourth-order valence-corrected chi connectivity index (χ4v) is 5.20. The number of carbonyl (C=O) groups excluding carboxylic acids is 2. The molecule has 40 heavy (non-hydrogen) atoms. The number of amides is 2. The van der Waals surface area contributed by atoms with Gasteiger partial charge in [0.05, 0.1) is 11.9 Å². The van der Waals surface area contributed by atoms with Crippen LogP contribution in [0.1, 0.15) is 37.8 Å². The Balaban J connectivity index is 1.85. The first kappa shape index (κ1) is 31.0. The molecule has 3 aromatic carbocycles. The quantitative estimate of drug-likeness (QED) is 0.287. The summed E-state index contributed by atoms with van der Waals surface area (Å²) in [6.45, 7) is 4.16. The number of carbonyl (C=O) groups is 2. The van der Waals surface area contributed by atoms with Crippen LogP contribution in [-0.2, 0) is 32.8 Å². The molecule has 8 nitrogen and oxygen atoms in total. The second kappa shape index (κ2) is 14.7. The molecule has 3 rings (SSSR count). The predicted octanol–water partition coefficient (Wildman–Crippen LogP) is 5.02. The summed E-state index contributed by atoms with van der Waals surface area (Å²) in [6.07, 6.45) is 2.13. The normalized spacial score (nSPS) is 11.9. The molecule has 0 unspecified atom stereocenters. The first-order valence-corrected chi connectivity index (χ1v) is 15.4. The highest BCUT2D eigenvalue weighted by Crippen LogP contribution is 2.24. The van der Waals surface area contributed by atoms with Gasteiger partial charge in [0.15, 0.2) is 0 Å². The maximum absolute atomic E-state index is 13.8. The van der Waals surface area contributed by atoms with Gasteiger partial charge in [-0.25, -0.2) is 8.42 Å². The van der Waals surface area contributed by atoms with Gasteiger partial charge in [-0.3, -0.25) is 13.9 Å². The number of nitrogens with zero attached hydrogens (tertiary/aromatic N) is 2. The number of rotatable bonds is 14. The third-order valence-electron chi connectivity index (χ3n) is 6.29. The fourth-order valence-electron chi connectivity index (χ4n) is 4.16. The minimum Gasteiger partial charge on any atom is -0.489 e. The van der Waals surface area contributed by atoms with Gasteiger partial charge in [0.25, 0.3) is 0 Å². The van der Waals surface area contributed by atoms with Crippen molar-refractivity contribution in [3.05, 3.63) is 95.0 Å². The molecule has 1 N–H and O–H groups in total. The zero-order valence-electron chi connectivity index (χ0n) is 23.0. The Labute approximate surface area is 241 Å². The lowest BCUT2D eigenvalue weighted by molar-refractivity contribution is -0.140. The van der Waals surface area contributed by atoms with Crippen LogP contribution in [0.4, 0.5) is 5.69 Å². The number of hydrogen-bond donors (Lipinski definition) is 1. The number of anilines is 1. The van der Waals surface area contributed by atoms with Crippen LogP contribution >= 0.6 is 11.6 Å². The van der Waals surface area contributed by atoms with Gasteiger partial charge in [0, 0.05) is 18.1 Å². The van der Waals surface area contributed by atoms with E-state index in [-0.39, 0.29) is 12.5 Å². The zero-order valence-corrected chi connectivity index (χ0v) is 24.6. The summed E-state index contributed by atoms with van der Waals surface area (Å²) >= 11 is 6.38. The van der Waals surface area contributed by atoms with Crippen LogP contribution < -0.4 is 14.4 Å². The van der Waals surface area contributed by atoms with Gasteiger partial charge < -0.3 is 15.0 Å². The minimum atomic E-state index is -3.84. The van der Waals surface area contributed by atoms with Gasteiger partial charge in [-0.15, -0.1) is 0 Å². The first-order valence-electron chi connectivity index (χ1n) is 13.2. The average Bonchev–Trinajstić information content (AvgIpc) is 2.94. The van der Waals surface area contributed by atoms with E-state index in [0.717, 1.165) is 22.5 Å². The summed E-state index contributed by atoms with van der Waals surface area (Å²) in [5, 5.41) is 3.31. The summed E-state index contributed by atoms with van der Waals surface area (Å²) in [5.74, 6) is -0.254. The Morgan fingerprint density at radius 1 is 0.950 bits per heavy atom. The number of hydrogen-bond acceptors (Lipinski definition) is 5. The van der Waals surface area contributed by atoms with Gasteiger partial charge >= 0.3 is 0 Å². The third kappa shape index (κ3) is 8.72. The second-order valence-corrected chi connectivity index (χ2v) is 11.7. The molecule has 0 bridgehead atoms. The SMILES string of the molecule is CCCNC(=O)[C@@H](CC)N(Cc1ccccc1Cl)C(=O)CN(c1ccc(OCc2ccccc2)cc1)S(C)(=O)=O. The summed E-state index contributed by atoms with van der Waals surface area (Å²) in [6, 6.07) is 22.5. The van der Waals surface area contributed by atoms with E-state index in [1.54, 1.807) is 48.5 Å². The highest BCUT2D eigenvalue weighted by atomic mass is 35.5. The van der Waals surface area contributed by atoms with Crippen molar-refractivity contribution >= 4 is 39.1 Å². The molecule has 0 aliphatic carbocycles. The lowest BCUT2D eigenvalue weighted by atomic mass is 10.1. The van der Waals surface area contributed by atoms with Crippen LogP contribution in [0.3, 0.4) is 0 Å². The minimum absolute atomic E-state index is 0.0560. The Morgan fingerprint density at radius 2 is 1.60 bits per heavy atom. The second-order valence-electron chi connectivity index (χ2n) is 9.37. The molecule has 214 valence electrons. The average molecular weight is 586 g/mol. The van der Waals surface area contributed by atoms with Crippen LogP contribution in [0.15, 0.2) is 78.9 Å². The third-order valence-corrected chi connectivity index (χ3v) is 7.80. The van der Waals surface area contributed by atoms with Crippen LogP contribution in [0.25, 0.3) is 0 Å². The van der Waals surface area contributed by atoms with E-state index in [4.69, 9.17) is 16.3 Å². The van der Waals surface area contributed by atoms with Gasteiger partial charge in [0.1, 0.15) is 24.9 Å². The van der Waals surface area contributed by atoms with E-state index in [0.29, 0.717) is 41.6 Å².